The fourth-order valence-corrected chi connectivity index (χ4v) is 5.32. The summed E-state index contributed by atoms with van der Waals surface area (Å²) in [6, 6.07) is 24.0. The van der Waals surface area contributed by atoms with Gasteiger partial charge < -0.3 is 20.1 Å². The lowest BCUT2D eigenvalue weighted by atomic mass is 9.99. The van der Waals surface area contributed by atoms with Gasteiger partial charge in [0, 0.05) is 47.0 Å². The third-order valence-corrected chi connectivity index (χ3v) is 7.42. The molecule has 42 heavy (non-hydrogen) atoms. The van der Waals surface area contributed by atoms with Crippen LogP contribution in [0.5, 0.6) is 11.6 Å². The van der Waals surface area contributed by atoms with Crippen molar-refractivity contribution >= 4 is 28.3 Å². The SMILES string of the molecule is CC(C)Nc1ncc(-c2ccc3c(C(=Nc4ccc(OCCN5CCCC5)cc4)c4ccccc4)c(O)[nH]c3c2)cn1. The van der Waals surface area contributed by atoms with Gasteiger partial charge in [0.15, 0.2) is 5.88 Å². The maximum absolute atomic E-state index is 11.2. The van der Waals surface area contributed by atoms with Gasteiger partial charge in [-0.3, -0.25) is 4.90 Å². The summed E-state index contributed by atoms with van der Waals surface area (Å²) in [4.78, 5) is 19.5. The summed E-state index contributed by atoms with van der Waals surface area (Å²) >= 11 is 0. The van der Waals surface area contributed by atoms with E-state index in [9.17, 15) is 5.11 Å². The van der Waals surface area contributed by atoms with Crippen molar-refractivity contribution in [1.82, 2.24) is 19.9 Å². The van der Waals surface area contributed by atoms with Gasteiger partial charge in [-0.05, 0) is 75.7 Å². The van der Waals surface area contributed by atoms with Crippen LogP contribution in [0.15, 0.2) is 90.2 Å². The minimum atomic E-state index is 0.0688. The smallest absolute Gasteiger partial charge is 0.222 e. The van der Waals surface area contributed by atoms with Crippen molar-refractivity contribution in [3.63, 3.8) is 0 Å². The van der Waals surface area contributed by atoms with Crippen LogP contribution in [-0.4, -0.2) is 63.0 Å². The fraction of sp³-hybridized carbons (Fsp3) is 0.265. The molecule has 8 nitrogen and oxygen atoms in total. The Hall–Kier alpha value is -4.69. The summed E-state index contributed by atoms with van der Waals surface area (Å²) in [6.45, 7) is 8.06. The monoisotopic (exact) mass is 560 g/mol. The van der Waals surface area contributed by atoms with Crippen molar-refractivity contribution in [1.29, 1.82) is 0 Å². The number of fused-ring (bicyclic) bond motifs is 1. The first kappa shape index (κ1) is 27.5. The van der Waals surface area contributed by atoms with Gasteiger partial charge in [0.2, 0.25) is 5.95 Å². The molecule has 3 N–H and O–H groups in total. The molecule has 0 bridgehead atoms. The highest BCUT2D eigenvalue weighted by atomic mass is 16.5. The molecule has 1 saturated heterocycles. The first-order chi connectivity index (χ1) is 20.5. The van der Waals surface area contributed by atoms with Crippen molar-refractivity contribution in [2.75, 3.05) is 31.6 Å². The topological polar surface area (TPSA) is 98.7 Å². The summed E-state index contributed by atoms with van der Waals surface area (Å²) in [5, 5.41) is 15.2. The molecule has 8 heteroatoms. The van der Waals surface area contributed by atoms with Crippen LogP contribution in [0.25, 0.3) is 22.0 Å². The molecule has 0 atom stereocenters. The molecule has 0 saturated carbocycles. The van der Waals surface area contributed by atoms with E-state index in [1.54, 1.807) is 12.4 Å². The molecule has 0 radical (unpaired) electrons. The third-order valence-electron chi connectivity index (χ3n) is 7.42. The number of nitrogens with one attached hydrogen (secondary N) is 2. The van der Waals surface area contributed by atoms with Gasteiger partial charge in [-0.25, -0.2) is 15.0 Å². The Morgan fingerprint density at radius 1 is 0.976 bits per heavy atom. The zero-order valence-electron chi connectivity index (χ0n) is 24.0. The van der Waals surface area contributed by atoms with Gasteiger partial charge in [-0.1, -0.05) is 42.5 Å². The molecule has 5 aromatic rings. The number of hydrogen-bond acceptors (Lipinski definition) is 7. The first-order valence-electron chi connectivity index (χ1n) is 14.6. The van der Waals surface area contributed by atoms with Gasteiger partial charge in [-0.15, -0.1) is 0 Å². The van der Waals surface area contributed by atoms with Crippen molar-refractivity contribution in [2.24, 2.45) is 4.99 Å². The molecular weight excluding hydrogens is 524 g/mol. The molecule has 2 aromatic heterocycles. The van der Waals surface area contributed by atoms with Crippen LogP contribution < -0.4 is 10.1 Å². The Labute approximate surface area is 246 Å². The zero-order valence-corrected chi connectivity index (χ0v) is 24.0. The Bertz CT molecular complexity index is 1650. The van der Waals surface area contributed by atoms with Crippen LogP contribution in [0, 0.1) is 0 Å². The maximum atomic E-state index is 11.2. The van der Waals surface area contributed by atoms with Crippen LogP contribution in [0.3, 0.4) is 0 Å². The van der Waals surface area contributed by atoms with Crippen molar-refractivity contribution in [3.8, 4) is 22.8 Å². The Morgan fingerprint density at radius 3 is 2.43 bits per heavy atom. The Balaban J connectivity index is 1.29. The van der Waals surface area contributed by atoms with E-state index in [1.165, 1.54) is 25.9 Å². The van der Waals surface area contributed by atoms with Crippen LogP contribution in [0.4, 0.5) is 11.6 Å². The van der Waals surface area contributed by atoms with E-state index >= 15 is 0 Å². The normalized spacial score (nSPS) is 14.1. The van der Waals surface area contributed by atoms with E-state index in [4.69, 9.17) is 9.73 Å². The van der Waals surface area contributed by atoms with Gasteiger partial charge in [0.1, 0.15) is 12.4 Å². The van der Waals surface area contributed by atoms with Crippen LogP contribution in [-0.2, 0) is 0 Å². The number of H-pyrrole nitrogens is 1. The van der Waals surface area contributed by atoms with E-state index in [0.29, 0.717) is 23.8 Å². The number of benzene rings is 3. The second-order valence-electron chi connectivity index (χ2n) is 10.9. The largest absolute Gasteiger partial charge is 0.494 e. The lowest BCUT2D eigenvalue weighted by Gasteiger charge is -2.15. The maximum Gasteiger partial charge on any atom is 0.222 e. The first-order valence-corrected chi connectivity index (χ1v) is 14.6. The molecule has 0 unspecified atom stereocenters. The predicted molar refractivity (Wildman–Crippen MR) is 169 cm³/mol. The number of ether oxygens (including phenoxy) is 1. The second-order valence-corrected chi connectivity index (χ2v) is 10.9. The quantitative estimate of drug-likeness (QED) is 0.163. The van der Waals surface area contributed by atoms with Crippen LogP contribution >= 0.6 is 0 Å². The lowest BCUT2D eigenvalue weighted by Crippen LogP contribution is -2.25. The second kappa shape index (κ2) is 12.4. The molecule has 214 valence electrons. The van der Waals surface area contributed by atoms with Gasteiger partial charge in [0.25, 0.3) is 0 Å². The highest BCUT2D eigenvalue weighted by molar-refractivity contribution is 6.22. The predicted octanol–water partition coefficient (Wildman–Crippen LogP) is 6.79. The summed E-state index contributed by atoms with van der Waals surface area (Å²) in [7, 11) is 0. The number of likely N-dealkylation sites (tertiary alicyclic amines) is 1. The number of nitrogens with zero attached hydrogens (tertiary/aromatic N) is 4. The minimum absolute atomic E-state index is 0.0688. The number of rotatable bonds is 10. The van der Waals surface area contributed by atoms with Gasteiger partial charge in [0.05, 0.1) is 17.0 Å². The Morgan fingerprint density at radius 2 is 1.71 bits per heavy atom. The lowest BCUT2D eigenvalue weighted by molar-refractivity contribution is 0.238. The highest BCUT2D eigenvalue weighted by Crippen LogP contribution is 2.34. The van der Waals surface area contributed by atoms with Crippen LogP contribution in [0.1, 0.15) is 37.8 Å². The zero-order chi connectivity index (χ0) is 28.9. The minimum Gasteiger partial charge on any atom is -0.494 e. The average molecular weight is 561 g/mol. The molecule has 3 heterocycles. The molecule has 3 aromatic carbocycles. The number of hydrogen-bond donors (Lipinski definition) is 3. The highest BCUT2D eigenvalue weighted by Gasteiger charge is 2.19. The van der Waals surface area contributed by atoms with Crippen molar-refractivity contribution in [3.05, 3.63) is 96.3 Å². The molecule has 0 spiro atoms. The number of aliphatic imine (C=N–C) groups is 1. The summed E-state index contributed by atoms with van der Waals surface area (Å²) < 4.78 is 5.98. The number of anilines is 1. The van der Waals surface area contributed by atoms with E-state index in [1.807, 2.05) is 86.6 Å². The Kier molecular flexibility index (Phi) is 8.14. The standard InChI is InChI=1S/C34H36N6O2/c1-23(2)37-34-35-21-26(22-36-34)25-10-15-29-30(20-25)39-33(41)31(29)32(24-8-4-3-5-9-24)38-27-11-13-28(14-12-27)42-19-18-40-16-6-7-17-40/h3-5,8-15,20-23,39,41H,6-7,16-19H2,1-2H3,(H,35,36,37). The number of aromatic nitrogens is 3. The molecule has 1 aliphatic heterocycles. The van der Waals surface area contributed by atoms with Crippen molar-refractivity contribution in [2.45, 2.75) is 32.7 Å². The van der Waals surface area contributed by atoms with E-state index < -0.39 is 0 Å². The molecular formula is C34H36N6O2. The van der Waals surface area contributed by atoms with E-state index in [2.05, 4.69) is 25.2 Å². The summed E-state index contributed by atoms with van der Waals surface area (Å²) in [5.41, 5.74) is 5.66. The van der Waals surface area contributed by atoms with Crippen molar-refractivity contribution < 1.29 is 9.84 Å². The fourth-order valence-electron chi connectivity index (χ4n) is 5.32. The summed E-state index contributed by atoms with van der Waals surface area (Å²) in [5.74, 6) is 1.49. The molecule has 6 rings (SSSR count). The van der Waals surface area contributed by atoms with E-state index in [-0.39, 0.29) is 11.9 Å². The number of aromatic hydroxyl groups is 1. The average Bonchev–Trinajstić information content (AvgIpc) is 3.64. The van der Waals surface area contributed by atoms with Gasteiger partial charge >= 0.3 is 0 Å². The molecule has 0 amide bonds. The van der Waals surface area contributed by atoms with Gasteiger partial charge in [-0.2, -0.15) is 0 Å². The molecule has 0 aliphatic carbocycles. The van der Waals surface area contributed by atoms with E-state index in [0.717, 1.165) is 45.6 Å². The van der Waals surface area contributed by atoms with Crippen LogP contribution in [0.2, 0.25) is 0 Å². The summed E-state index contributed by atoms with van der Waals surface area (Å²) in [6.07, 6.45) is 6.17. The molecule has 1 fully saturated rings. The molecule has 1 aliphatic rings. The number of aromatic amines is 1. The third kappa shape index (κ3) is 6.29.